The van der Waals surface area contributed by atoms with Crippen LogP contribution in [0.4, 0.5) is 4.39 Å². The van der Waals surface area contributed by atoms with Crippen molar-refractivity contribution in [2.45, 2.75) is 22.6 Å². The molecule has 1 fully saturated rings. The van der Waals surface area contributed by atoms with Crippen molar-refractivity contribution in [1.82, 2.24) is 5.32 Å². The third kappa shape index (κ3) is 4.53. The minimum Gasteiger partial charge on any atom is -0.497 e. The summed E-state index contributed by atoms with van der Waals surface area (Å²) < 4.78 is 69.1. The Bertz CT molecular complexity index is 1040. The van der Waals surface area contributed by atoms with Gasteiger partial charge in [0.1, 0.15) is 11.6 Å². The highest BCUT2D eigenvalue weighted by atomic mass is 32.2. The second-order valence-corrected chi connectivity index (χ2v) is 11.1. The molecular weight excluding hydrogens is 405 g/mol. The summed E-state index contributed by atoms with van der Waals surface area (Å²) in [6.45, 7) is 0.274. The van der Waals surface area contributed by atoms with Crippen molar-refractivity contribution in [1.29, 1.82) is 0 Å². The molecule has 2 atom stereocenters. The first kappa shape index (κ1) is 20.8. The Morgan fingerprint density at radius 2 is 1.79 bits per heavy atom. The summed E-state index contributed by atoms with van der Waals surface area (Å²) >= 11 is 0. The highest BCUT2D eigenvalue weighted by molar-refractivity contribution is 7.96. The lowest BCUT2D eigenvalue weighted by Crippen LogP contribution is -2.44. The Morgan fingerprint density at radius 1 is 1.11 bits per heavy atom. The predicted octanol–water partition coefficient (Wildman–Crippen LogP) is 1.61. The third-order valence-corrected chi connectivity index (χ3v) is 9.01. The van der Waals surface area contributed by atoms with E-state index in [4.69, 9.17) is 4.74 Å². The van der Waals surface area contributed by atoms with Gasteiger partial charge in [0.2, 0.25) is 0 Å². The molecule has 152 valence electrons. The van der Waals surface area contributed by atoms with Gasteiger partial charge >= 0.3 is 0 Å². The van der Waals surface area contributed by atoms with Gasteiger partial charge in [-0.25, -0.2) is 21.2 Å². The SMILES string of the molecule is COc1ccc(S(=O)(=O)[C@@H]2CS(=O)(=O)C[C@H]2NCCc2ccccc2F)cc1. The average molecular weight is 428 g/mol. The van der Waals surface area contributed by atoms with Crippen molar-refractivity contribution < 1.29 is 26.0 Å². The smallest absolute Gasteiger partial charge is 0.183 e. The molecule has 1 saturated heterocycles. The Morgan fingerprint density at radius 3 is 2.43 bits per heavy atom. The van der Waals surface area contributed by atoms with E-state index in [1.54, 1.807) is 18.2 Å². The van der Waals surface area contributed by atoms with E-state index in [1.807, 2.05) is 0 Å². The van der Waals surface area contributed by atoms with Gasteiger partial charge in [-0.1, -0.05) is 18.2 Å². The summed E-state index contributed by atoms with van der Waals surface area (Å²) in [7, 11) is -5.88. The van der Waals surface area contributed by atoms with E-state index in [9.17, 15) is 21.2 Å². The summed E-state index contributed by atoms with van der Waals surface area (Å²) in [5, 5.41) is 1.92. The van der Waals surface area contributed by atoms with E-state index >= 15 is 0 Å². The van der Waals surface area contributed by atoms with E-state index in [0.29, 0.717) is 17.7 Å². The number of benzene rings is 2. The van der Waals surface area contributed by atoms with Crippen LogP contribution in [-0.4, -0.2) is 53.3 Å². The lowest BCUT2D eigenvalue weighted by atomic mass is 10.1. The largest absolute Gasteiger partial charge is 0.497 e. The molecule has 28 heavy (non-hydrogen) atoms. The van der Waals surface area contributed by atoms with Crippen LogP contribution in [0, 0.1) is 5.82 Å². The first-order valence-corrected chi connectivity index (χ1v) is 12.1. The summed E-state index contributed by atoms with van der Waals surface area (Å²) in [5.74, 6) is -0.522. The first-order chi connectivity index (χ1) is 13.2. The highest BCUT2D eigenvalue weighted by Crippen LogP contribution is 2.27. The summed E-state index contributed by atoms with van der Waals surface area (Å²) in [6, 6.07) is 11.4. The molecule has 0 saturated carbocycles. The van der Waals surface area contributed by atoms with Crippen LogP contribution in [0.1, 0.15) is 5.56 Å². The summed E-state index contributed by atoms with van der Waals surface area (Å²) in [5.41, 5.74) is 0.491. The fourth-order valence-corrected chi connectivity index (χ4v) is 8.06. The topological polar surface area (TPSA) is 89.5 Å². The maximum Gasteiger partial charge on any atom is 0.183 e. The minimum absolute atomic E-state index is 0.0521. The van der Waals surface area contributed by atoms with E-state index in [2.05, 4.69) is 5.32 Å². The number of halogens is 1. The lowest BCUT2D eigenvalue weighted by molar-refractivity contribution is 0.414. The van der Waals surface area contributed by atoms with Crippen molar-refractivity contribution in [3.05, 3.63) is 59.9 Å². The molecule has 1 aliphatic rings. The zero-order chi connectivity index (χ0) is 20.4. The summed E-state index contributed by atoms with van der Waals surface area (Å²) in [6.07, 6.45) is 0.332. The molecule has 9 heteroatoms. The van der Waals surface area contributed by atoms with Gasteiger partial charge in [0.05, 0.1) is 28.8 Å². The molecule has 0 aromatic heterocycles. The fourth-order valence-electron chi connectivity index (χ4n) is 3.35. The molecule has 2 aromatic rings. The molecule has 1 aliphatic heterocycles. The zero-order valence-electron chi connectivity index (χ0n) is 15.3. The molecule has 0 amide bonds. The van der Waals surface area contributed by atoms with Gasteiger partial charge in [0, 0.05) is 6.04 Å². The van der Waals surface area contributed by atoms with Crippen LogP contribution in [0.5, 0.6) is 5.75 Å². The Labute approximate surface area is 164 Å². The molecule has 0 bridgehead atoms. The van der Waals surface area contributed by atoms with Gasteiger partial charge in [0.15, 0.2) is 19.7 Å². The second kappa shape index (κ2) is 8.18. The predicted molar refractivity (Wildman–Crippen MR) is 105 cm³/mol. The van der Waals surface area contributed by atoms with E-state index in [1.165, 1.54) is 37.4 Å². The van der Waals surface area contributed by atoms with E-state index in [-0.39, 0.29) is 23.0 Å². The van der Waals surface area contributed by atoms with Gasteiger partial charge in [-0.2, -0.15) is 0 Å². The molecule has 6 nitrogen and oxygen atoms in total. The Balaban J connectivity index is 1.76. The number of rotatable bonds is 7. The van der Waals surface area contributed by atoms with Crippen LogP contribution in [0.25, 0.3) is 0 Å². The second-order valence-electron chi connectivity index (χ2n) is 6.74. The van der Waals surface area contributed by atoms with Crippen LogP contribution in [0.2, 0.25) is 0 Å². The van der Waals surface area contributed by atoms with Crippen LogP contribution in [-0.2, 0) is 26.1 Å². The zero-order valence-corrected chi connectivity index (χ0v) is 17.0. The van der Waals surface area contributed by atoms with Crippen molar-refractivity contribution in [3.63, 3.8) is 0 Å². The van der Waals surface area contributed by atoms with Gasteiger partial charge in [0.25, 0.3) is 0 Å². The Hall–Kier alpha value is -1.97. The number of sulfone groups is 2. The molecule has 0 spiro atoms. The molecular formula is C19H22FNO5S2. The van der Waals surface area contributed by atoms with Gasteiger partial charge in [-0.3, -0.25) is 0 Å². The van der Waals surface area contributed by atoms with Gasteiger partial charge in [-0.05, 0) is 48.9 Å². The highest BCUT2D eigenvalue weighted by Gasteiger charge is 2.45. The lowest BCUT2D eigenvalue weighted by Gasteiger charge is -2.20. The molecule has 0 radical (unpaired) electrons. The van der Waals surface area contributed by atoms with E-state index < -0.39 is 36.7 Å². The maximum absolute atomic E-state index is 13.7. The minimum atomic E-state index is -3.86. The summed E-state index contributed by atoms with van der Waals surface area (Å²) in [4.78, 5) is 0.0521. The fraction of sp³-hybridized carbons (Fsp3) is 0.368. The van der Waals surface area contributed by atoms with Crippen molar-refractivity contribution in [2.24, 2.45) is 0 Å². The molecule has 1 N–H and O–H groups in total. The number of hydrogen-bond donors (Lipinski definition) is 1. The molecule has 0 aliphatic carbocycles. The van der Waals surface area contributed by atoms with Crippen molar-refractivity contribution >= 4 is 19.7 Å². The maximum atomic E-state index is 13.7. The van der Waals surface area contributed by atoms with Crippen LogP contribution < -0.4 is 10.1 Å². The quantitative estimate of drug-likeness (QED) is 0.722. The molecule has 1 heterocycles. The standard InChI is InChI=1S/C19H22FNO5S2/c1-26-15-6-8-16(9-7-15)28(24,25)19-13-27(22,23)12-18(19)21-11-10-14-4-2-3-5-17(14)20/h2-9,18-19,21H,10-13H2,1H3/t18-,19-/m1/s1. The normalized spacial score (nSPS) is 21.5. The third-order valence-electron chi connectivity index (χ3n) is 4.85. The van der Waals surface area contributed by atoms with Crippen LogP contribution in [0.3, 0.4) is 0 Å². The Kier molecular flexibility index (Phi) is 6.07. The van der Waals surface area contributed by atoms with Crippen LogP contribution >= 0.6 is 0 Å². The monoisotopic (exact) mass is 427 g/mol. The van der Waals surface area contributed by atoms with Gasteiger partial charge < -0.3 is 10.1 Å². The molecule has 3 rings (SSSR count). The average Bonchev–Trinajstić information content (AvgIpc) is 2.98. The van der Waals surface area contributed by atoms with E-state index in [0.717, 1.165) is 0 Å². The van der Waals surface area contributed by atoms with Gasteiger partial charge in [-0.15, -0.1) is 0 Å². The van der Waals surface area contributed by atoms with Crippen molar-refractivity contribution in [2.75, 3.05) is 25.2 Å². The number of ether oxygens (including phenoxy) is 1. The number of methoxy groups -OCH3 is 1. The number of nitrogens with one attached hydrogen (secondary N) is 1. The molecule has 2 aromatic carbocycles. The van der Waals surface area contributed by atoms with Crippen molar-refractivity contribution in [3.8, 4) is 5.75 Å². The molecule has 0 unspecified atom stereocenters. The number of hydrogen-bond acceptors (Lipinski definition) is 6. The van der Waals surface area contributed by atoms with Crippen LogP contribution in [0.15, 0.2) is 53.4 Å². The first-order valence-electron chi connectivity index (χ1n) is 8.78.